The van der Waals surface area contributed by atoms with Gasteiger partial charge in [-0.3, -0.25) is 0 Å². The van der Waals surface area contributed by atoms with Gasteiger partial charge in [-0.05, 0) is 40.0 Å². The predicted molar refractivity (Wildman–Crippen MR) is 87.0 cm³/mol. The molecule has 0 aliphatic rings. The first-order valence-corrected chi connectivity index (χ1v) is 7.65. The Balaban J connectivity index is 2.19. The topological polar surface area (TPSA) is 52.8 Å². The molecule has 0 amide bonds. The van der Waals surface area contributed by atoms with Gasteiger partial charge in [0.1, 0.15) is 16.2 Å². The van der Waals surface area contributed by atoms with Crippen LogP contribution in [0.25, 0.3) is 0 Å². The fraction of sp³-hybridized carbons (Fsp3) is 0.312. The Morgan fingerprint density at radius 3 is 2.81 bits per heavy atom. The summed E-state index contributed by atoms with van der Waals surface area (Å²) in [4.78, 5) is 11.0. The third-order valence-electron chi connectivity index (χ3n) is 3.07. The minimum absolute atomic E-state index is 0.677. The first-order chi connectivity index (χ1) is 10.1. The number of nitrogens with zero attached hydrogens (tertiary/aromatic N) is 4. The molecular formula is C16H17BrN4. The number of aromatic nitrogens is 2. The molecule has 0 fully saturated rings. The number of hydrogen-bond donors (Lipinski definition) is 0. The van der Waals surface area contributed by atoms with E-state index in [9.17, 15) is 0 Å². The summed E-state index contributed by atoms with van der Waals surface area (Å²) in [6.45, 7) is 2.81. The van der Waals surface area contributed by atoms with Crippen molar-refractivity contribution >= 4 is 21.7 Å². The minimum Gasteiger partial charge on any atom is -0.355 e. The van der Waals surface area contributed by atoms with Crippen LogP contribution >= 0.6 is 15.9 Å². The fourth-order valence-electron chi connectivity index (χ4n) is 2.08. The normalized spacial score (nSPS) is 10.2. The molecule has 0 spiro atoms. The monoisotopic (exact) mass is 344 g/mol. The van der Waals surface area contributed by atoms with Crippen LogP contribution in [0, 0.1) is 11.3 Å². The molecule has 0 saturated heterocycles. The fourth-order valence-corrected chi connectivity index (χ4v) is 2.49. The highest BCUT2D eigenvalue weighted by Crippen LogP contribution is 2.18. The maximum absolute atomic E-state index is 8.95. The van der Waals surface area contributed by atoms with Crippen molar-refractivity contribution in [2.75, 3.05) is 11.9 Å². The zero-order chi connectivity index (χ0) is 15.2. The van der Waals surface area contributed by atoms with Gasteiger partial charge in [-0.2, -0.15) is 5.26 Å². The Morgan fingerprint density at radius 1 is 1.29 bits per heavy atom. The highest BCUT2D eigenvalue weighted by molar-refractivity contribution is 9.10. The highest BCUT2D eigenvalue weighted by atomic mass is 79.9. The average molecular weight is 345 g/mol. The molecule has 5 heteroatoms. The van der Waals surface area contributed by atoms with Crippen LogP contribution < -0.4 is 4.90 Å². The zero-order valence-electron chi connectivity index (χ0n) is 12.2. The molecule has 1 aromatic carbocycles. The van der Waals surface area contributed by atoms with Crippen molar-refractivity contribution in [2.24, 2.45) is 0 Å². The second-order valence-corrected chi connectivity index (χ2v) is 5.70. The Kier molecular flexibility index (Phi) is 5.29. The third kappa shape index (κ3) is 4.27. The number of benzene rings is 1. The number of nitriles is 1. The van der Waals surface area contributed by atoms with E-state index >= 15 is 0 Å². The Labute approximate surface area is 133 Å². The summed E-state index contributed by atoms with van der Waals surface area (Å²) < 4.78 is 0.800. The maximum atomic E-state index is 8.95. The molecule has 0 N–H and O–H groups in total. The molecule has 2 rings (SSSR count). The van der Waals surface area contributed by atoms with E-state index in [4.69, 9.17) is 5.26 Å². The Bertz CT molecular complexity index is 664. The van der Waals surface area contributed by atoms with Crippen molar-refractivity contribution in [3.63, 3.8) is 0 Å². The highest BCUT2D eigenvalue weighted by Gasteiger charge is 2.08. The standard InChI is InChI=1S/C16H17BrN4/c1-3-5-15-19-14(17)9-16(20-15)21(2)11-13-7-4-6-12(8-13)10-18/h4,6-9H,3,5,11H2,1-2H3. The molecule has 1 aromatic heterocycles. The summed E-state index contributed by atoms with van der Waals surface area (Å²) in [5.41, 5.74) is 1.76. The summed E-state index contributed by atoms with van der Waals surface area (Å²) in [6, 6.07) is 11.7. The van der Waals surface area contributed by atoms with Gasteiger partial charge in [0.05, 0.1) is 11.6 Å². The van der Waals surface area contributed by atoms with Crippen LogP contribution in [-0.2, 0) is 13.0 Å². The SMILES string of the molecule is CCCc1nc(Br)cc(N(C)Cc2cccc(C#N)c2)n1. The number of hydrogen-bond acceptors (Lipinski definition) is 4. The smallest absolute Gasteiger partial charge is 0.133 e. The summed E-state index contributed by atoms with van der Waals surface area (Å²) in [7, 11) is 1.99. The second kappa shape index (κ2) is 7.19. The molecule has 2 aromatic rings. The average Bonchev–Trinajstić information content (AvgIpc) is 2.47. The predicted octanol–water partition coefficient (Wildman–Crippen LogP) is 3.70. The van der Waals surface area contributed by atoms with Gasteiger partial charge in [0.15, 0.2) is 0 Å². The van der Waals surface area contributed by atoms with E-state index in [0.717, 1.165) is 34.7 Å². The number of anilines is 1. The van der Waals surface area contributed by atoms with Crippen LogP contribution in [-0.4, -0.2) is 17.0 Å². The lowest BCUT2D eigenvalue weighted by molar-refractivity contribution is 0.806. The van der Waals surface area contributed by atoms with E-state index in [1.807, 2.05) is 37.4 Å². The first kappa shape index (κ1) is 15.5. The molecular weight excluding hydrogens is 328 g/mol. The molecule has 0 atom stereocenters. The second-order valence-electron chi connectivity index (χ2n) is 4.88. The van der Waals surface area contributed by atoms with Crippen molar-refractivity contribution in [1.29, 1.82) is 5.26 Å². The van der Waals surface area contributed by atoms with E-state index in [1.54, 1.807) is 0 Å². The van der Waals surface area contributed by atoms with Gasteiger partial charge in [0.2, 0.25) is 0 Å². The molecule has 21 heavy (non-hydrogen) atoms. The molecule has 108 valence electrons. The van der Waals surface area contributed by atoms with Crippen molar-refractivity contribution in [1.82, 2.24) is 9.97 Å². The third-order valence-corrected chi connectivity index (χ3v) is 3.47. The van der Waals surface area contributed by atoms with Gasteiger partial charge in [-0.15, -0.1) is 0 Å². The van der Waals surface area contributed by atoms with E-state index < -0.39 is 0 Å². The maximum Gasteiger partial charge on any atom is 0.133 e. The van der Waals surface area contributed by atoms with Gasteiger partial charge in [-0.1, -0.05) is 19.1 Å². The summed E-state index contributed by atoms with van der Waals surface area (Å²) >= 11 is 3.44. The van der Waals surface area contributed by atoms with Gasteiger partial charge >= 0.3 is 0 Å². The molecule has 1 heterocycles. The molecule has 4 nitrogen and oxygen atoms in total. The van der Waals surface area contributed by atoms with E-state index in [-0.39, 0.29) is 0 Å². The minimum atomic E-state index is 0.677. The molecule has 0 radical (unpaired) electrons. The van der Waals surface area contributed by atoms with Crippen molar-refractivity contribution < 1.29 is 0 Å². The molecule has 0 bridgehead atoms. The van der Waals surface area contributed by atoms with E-state index in [0.29, 0.717) is 12.1 Å². The number of halogens is 1. The number of aryl methyl sites for hydroxylation is 1. The summed E-state index contributed by atoms with van der Waals surface area (Å²) in [5, 5.41) is 8.95. The molecule has 0 unspecified atom stereocenters. The van der Waals surface area contributed by atoms with Crippen LogP contribution in [0.4, 0.5) is 5.82 Å². The quantitative estimate of drug-likeness (QED) is 0.776. The molecule has 0 saturated carbocycles. The van der Waals surface area contributed by atoms with Crippen molar-refractivity contribution in [3.8, 4) is 6.07 Å². The van der Waals surface area contributed by atoms with Gasteiger partial charge < -0.3 is 4.90 Å². The van der Waals surface area contributed by atoms with Crippen molar-refractivity contribution in [2.45, 2.75) is 26.3 Å². The zero-order valence-corrected chi connectivity index (χ0v) is 13.8. The van der Waals surface area contributed by atoms with E-state index in [2.05, 4.69) is 43.8 Å². The van der Waals surface area contributed by atoms with Crippen LogP contribution in [0.1, 0.15) is 30.3 Å². The van der Waals surface area contributed by atoms with Gasteiger partial charge in [0.25, 0.3) is 0 Å². The number of rotatable bonds is 5. The Hall–Kier alpha value is -1.93. The summed E-state index contributed by atoms with van der Waals surface area (Å²) in [6.07, 6.45) is 1.88. The largest absolute Gasteiger partial charge is 0.355 e. The van der Waals surface area contributed by atoms with Crippen LogP contribution in [0.15, 0.2) is 34.9 Å². The van der Waals surface area contributed by atoms with Gasteiger partial charge in [-0.25, -0.2) is 9.97 Å². The Morgan fingerprint density at radius 2 is 2.10 bits per heavy atom. The lowest BCUT2D eigenvalue weighted by Gasteiger charge is -2.19. The van der Waals surface area contributed by atoms with Gasteiger partial charge in [0, 0.05) is 26.1 Å². The lowest BCUT2D eigenvalue weighted by Crippen LogP contribution is -2.18. The van der Waals surface area contributed by atoms with Crippen molar-refractivity contribution in [3.05, 3.63) is 51.9 Å². The first-order valence-electron chi connectivity index (χ1n) is 6.86. The van der Waals surface area contributed by atoms with Crippen LogP contribution in [0.5, 0.6) is 0 Å². The molecule has 0 aliphatic heterocycles. The molecule has 0 aliphatic carbocycles. The lowest BCUT2D eigenvalue weighted by atomic mass is 10.1. The van der Waals surface area contributed by atoms with E-state index in [1.165, 1.54) is 0 Å². The van der Waals surface area contributed by atoms with Crippen LogP contribution in [0.3, 0.4) is 0 Å². The summed E-state index contributed by atoms with van der Waals surface area (Å²) in [5.74, 6) is 1.72. The van der Waals surface area contributed by atoms with Crippen LogP contribution in [0.2, 0.25) is 0 Å².